The largest absolute Gasteiger partial charge is 0.445 e. The second-order valence-electron chi connectivity index (χ2n) is 9.86. The molecular weight excluding hydrogens is 488 g/mol. The molecule has 3 rings (SSSR count). The molecule has 0 aliphatic rings. The molecule has 0 radical (unpaired) electrons. The van der Waals surface area contributed by atoms with Crippen LogP contribution in [0.5, 0.6) is 0 Å². The molecule has 1 heterocycles. The van der Waals surface area contributed by atoms with Crippen molar-refractivity contribution >= 4 is 17.8 Å². The van der Waals surface area contributed by atoms with Gasteiger partial charge in [0.2, 0.25) is 11.7 Å². The molecule has 2 aromatic carbocycles. The lowest BCUT2D eigenvalue weighted by Crippen LogP contribution is -2.52. The predicted molar refractivity (Wildman–Crippen MR) is 141 cm³/mol. The van der Waals surface area contributed by atoms with Crippen LogP contribution in [0.3, 0.4) is 0 Å². The van der Waals surface area contributed by atoms with E-state index >= 15 is 0 Å². The van der Waals surface area contributed by atoms with Gasteiger partial charge >= 0.3 is 11.8 Å². The normalized spacial score (nSPS) is 12.7. The summed E-state index contributed by atoms with van der Waals surface area (Å²) in [5.41, 5.74) is 1.26. The summed E-state index contributed by atoms with van der Waals surface area (Å²) in [4.78, 5) is 51.4. The number of hydrogen-bond donors (Lipinski definition) is 2. The maximum atomic E-state index is 13.3. The molecule has 10 nitrogen and oxygen atoms in total. The van der Waals surface area contributed by atoms with Crippen molar-refractivity contribution in [3.63, 3.8) is 0 Å². The second kappa shape index (κ2) is 13.4. The molecule has 10 heteroatoms. The van der Waals surface area contributed by atoms with Crippen LogP contribution in [0, 0.1) is 11.8 Å². The van der Waals surface area contributed by atoms with E-state index in [0.717, 1.165) is 10.2 Å². The summed E-state index contributed by atoms with van der Waals surface area (Å²) in [7, 11) is 0. The predicted octanol–water partition coefficient (Wildman–Crippen LogP) is 3.88. The molecule has 0 spiro atoms. The first-order valence-electron chi connectivity index (χ1n) is 12.6. The molecule has 0 bridgehead atoms. The Balaban J connectivity index is 1.73. The smallest absolute Gasteiger partial charge is 0.442 e. The first-order chi connectivity index (χ1) is 18.1. The highest BCUT2D eigenvalue weighted by molar-refractivity contribution is 5.99. The first kappa shape index (κ1) is 28.4. The van der Waals surface area contributed by atoms with Gasteiger partial charge in [0, 0.05) is 0 Å². The highest BCUT2D eigenvalue weighted by Gasteiger charge is 2.31. The maximum absolute atomic E-state index is 13.3. The van der Waals surface area contributed by atoms with Gasteiger partial charge < -0.3 is 19.8 Å². The molecule has 0 saturated heterocycles. The molecule has 2 N–H and O–H groups in total. The summed E-state index contributed by atoms with van der Waals surface area (Å²) >= 11 is 0. The lowest BCUT2D eigenvalue weighted by atomic mass is 9.98. The summed E-state index contributed by atoms with van der Waals surface area (Å²) in [6.45, 7) is 7.68. The molecule has 0 fully saturated rings. The fourth-order valence-electron chi connectivity index (χ4n) is 3.84. The van der Waals surface area contributed by atoms with Gasteiger partial charge in [0.25, 0.3) is 5.89 Å². The molecule has 2 atom stereocenters. The minimum Gasteiger partial charge on any atom is -0.445 e. The molecule has 3 aromatic rings. The Morgan fingerprint density at radius 2 is 1.45 bits per heavy atom. The van der Waals surface area contributed by atoms with E-state index < -0.39 is 41.5 Å². The van der Waals surface area contributed by atoms with Crippen molar-refractivity contribution < 1.29 is 23.5 Å². The highest BCUT2D eigenvalue weighted by Crippen LogP contribution is 2.13. The van der Waals surface area contributed by atoms with Crippen LogP contribution in [0.15, 0.2) is 69.9 Å². The SMILES string of the molecule is CC(C)CC(NC(=O)OCc1ccccc1)C(=O)NC(CC(C)C)C(=O)c1nn(-c2ccccc2)c(=O)o1. The van der Waals surface area contributed by atoms with Crippen molar-refractivity contribution in [1.29, 1.82) is 0 Å². The average Bonchev–Trinajstić information content (AvgIpc) is 3.28. The van der Waals surface area contributed by atoms with Gasteiger partial charge in [-0.05, 0) is 42.4 Å². The minimum absolute atomic E-state index is 0.0273. The van der Waals surface area contributed by atoms with Gasteiger partial charge in [-0.15, -0.1) is 5.10 Å². The number of hydrogen-bond acceptors (Lipinski definition) is 7. The number of aromatic nitrogens is 2. The van der Waals surface area contributed by atoms with Gasteiger partial charge in [-0.2, -0.15) is 4.68 Å². The van der Waals surface area contributed by atoms with E-state index in [4.69, 9.17) is 9.15 Å². The van der Waals surface area contributed by atoms with Crippen molar-refractivity contribution in [2.75, 3.05) is 0 Å². The van der Waals surface area contributed by atoms with Crippen LogP contribution in [0.4, 0.5) is 4.79 Å². The molecule has 202 valence electrons. The third-order valence-electron chi connectivity index (χ3n) is 5.63. The Morgan fingerprint density at radius 3 is 2.05 bits per heavy atom. The number of carbonyl (C=O) groups is 3. The van der Waals surface area contributed by atoms with Crippen LogP contribution in [0.1, 0.15) is 56.8 Å². The van der Waals surface area contributed by atoms with E-state index in [-0.39, 0.29) is 24.9 Å². The van der Waals surface area contributed by atoms with E-state index in [0.29, 0.717) is 12.1 Å². The van der Waals surface area contributed by atoms with Crippen LogP contribution in [0.2, 0.25) is 0 Å². The summed E-state index contributed by atoms with van der Waals surface area (Å²) < 4.78 is 11.4. The van der Waals surface area contributed by atoms with Crippen molar-refractivity contribution in [3.8, 4) is 5.69 Å². The van der Waals surface area contributed by atoms with E-state index in [1.807, 2.05) is 58.0 Å². The van der Waals surface area contributed by atoms with Crippen molar-refractivity contribution in [2.24, 2.45) is 11.8 Å². The summed E-state index contributed by atoms with van der Waals surface area (Å²) in [6.07, 6.45) is -0.139. The Kier molecular flexibility index (Phi) is 9.98. The van der Waals surface area contributed by atoms with Crippen LogP contribution >= 0.6 is 0 Å². The molecule has 0 saturated carbocycles. The number of para-hydroxylation sites is 1. The number of Topliss-reactive ketones (excluding diaryl/α,β-unsaturated/α-hetero) is 1. The monoisotopic (exact) mass is 522 g/mol. The van der Waals surface area contributed by atoms with Crippen LogP contribution in [0.25, 0.3) is 5.69 Å². The number of nitrogens with one attached hydrogen (secondary N) is 2. The summed E-state index contributed by atoms with van der Waals surface area (Å²) in [6, 6.07) is 15.8. The van der Waals surface area contributed by atoms with Gasteiger partial charge in [-0.3, -0.25) is 9.59 Å². The first-order valence-corrected chi connectivity index (χ1v) is 12.6. The van der Waals surface area contributed by atoms with Gasteiger partial charge in [-0.1, -0.05) is 76.2 Å². The number of benzene rings is 2. The Bertz CT molecular complexity index is 1270. The minimum atomic E-state index is -1.01. The lowest BCUT2D eigenvalue weighted by Gasteiger charge is -2.24. The van der Waals surface area contributed by atoms with E-state index in [1.54, 1.807) is 30.3 Å². The van der Waals surface area contributed by atoms with Gasteiger partial charge in [-0.25, -0.2) is 9.59 Å². The number of rotatable bonds is 12. The van der Waals surface area contributed by atoms with Crippen LogP contribution < -0.4 is 16.4 Å². The molecule has 1 aromatic heterocycles. The lowest BCUT2D eigenvalue weighted by molar-refractivity contribution is -0.124. The van der Waals surface area contributed by atoms with Gasteiger partial charge in [0.15, 0.2) is 0 Å². The zero-order valence-corrected chi connectivity index (χ0v) is 22.0. The number of nitrogens with zero attached hydrogens (tertiary/aromatic N) is 2. The van der Waals surface area contributed by atoms with Crippen LogP contribution in [-0.4, -0.2) is 39.6 Å². The molecular formula is C28H34N4O6. The zero-order valence-electron chi connectivity index (χ0n) is 22.0. The Morgan fingerprint density at radius 1 is 0.868 bits per heavy atom. The average molecular weight is 523 g/mol. The number of carbonyl (C=O) groups excluding carboxylic acids is 3. The van der Waals surface area contributed by atoms with Crippen LogP contribution in [-0.2, 0) is 16.1 Å². The van der Waals surface area contributed by atoms with Gasteiger partial charge in [0.1, 0.15) is 12.6 Å². The quantitative estimate of drug-likeness (QED) is 0.345. The fraction of sp³-hybridized carbons (Fsp3) is 0.393. The molecule has 0 aliphatic heterocycles. The molecule has 0 aliphatic carbocycles. The number of ether oxygens (including phenoxy) is 1. The zero-order chi connectivity index (χ0) is 27.7. The number of alkyl carbamates (subject to hydrolysis) is 1. The summed E-state index contributed by atoms with van der Waals surface area (Å²) in [5.74, 6) is -2.29. The number of amides is 2. The third-order valence-corrected chi connectivity index (χ3v) is 5.63. The molecule has 38 heavy (non-hydrogen) atoms. The van der Waals surface area contributed by atoms with E-state index in [1.165, 1.54) is 0 Å². The van der Waals surface area contributed by atoms with E-state index in [2.05, 4.69) is 15.7 Å². The van der Waals surface area contributed by atoms with Crippen molar-refractivity contribution in [1.82, 2.24) is 20.4 Å². The maximum Gasteiger partial charge on any atom is 0.442 e. The third kappa shape index (κ3) is 8.16. The Hall–Kier alpha value is -4.21. The van der Waals surface area contributed by atoms with Crippen molar-refractivity contribution in [2.45, 2.75) is 59.2 Å². The molecule has 2 unspecified atom stereocenters. The fourth-order valence-corrected chi connectivity index (χ4v) is 3.84. The molecule has 2 amide bonds. The van der Waals surface area contributed by atoms with Crippen molar-refractivity contribution in [3.05, 3.63) is 82.7 Å². The van der Waals surface area contributed by atoms with Gasteiger partial charge in [0.05, 0.1) is 11.7 Å². The second-order valence-corrected chi connectivity index (χ2v) is 9.86. The topological polar surface area (TPSA) is 133 Å². The van der Waals surface area contributed by atoms with E-state index in [9.17, 15) is 19.2 Å². The standard InChI is InChI=1S/C28H34N4O6/c1-18(2)15-22(24(33)26-31-32(28(36)38-26)21-13-9-6-10-14-21)29-25(34)23(16-19(3)4)30-27(35)37-17-20-11-7-5-8-12-20/h5-14,18-19,22-23H,15-17H2,1-4H3,(H,29,34)(H,30,35). The highest BCUT2D eigenvalue weighted by atomic mass is 16.5. The Labute approximate surface area is 221 Å². The number of ketones is 1. The summed E-state index contributed by atoms with van der Waals surface area (Å²) in [5, 5.41) is 9.40.